The molecular formula is C28H53Cl2Si3Zr. The molecule has 0 bridgehead atoms. The molecule has 0 saturated heterocycles. The van der Waals surface area contributed by atoms with E-state index in [0.29, 0.717) is 21.4 Å². The van der Waals surface area contributed by atoms with Crippen LogP contribution in [0, 0.1) is 0 Å². The third-order valence-corrected chi connectivity index (χ3v) is 11.0. The van der Waals surface area contributed by atoms with Crippen molar-refractivity contribution in [2.24, 2.45) is 0 Å². The van der Waals surface area contributed by atoms with E-state index in [1.54, 1.807) is 10.4 Å². The maximum absolute atomic E-state index is 2.40. The van der Waals surface area contributed by atoms with Crippen LogP contribution >= 0.6 is 0 Å². The molecule has 6 heteroatoms. The van der Waals surface area contributed by atoms with Crippen LogP contribution in [-0.2, 0) is 26.2 Å². The van der Waals surface area contributed by atoms with Gasteiger partial charge in [-0.05, 0) is 11.8 Å². The molecule has 2 rings (SSSR count). The van der Waals surface area contributed by atoms with Crippen molar-refractivity contribution in [2.45, 2.75) is 118 Å². The Labute approximate surface area is 250 Å². The summed E-state index contributed by atoms with van der Waals surface area (Å²) < 4.78 is 0. The van der Waals surface area contributed by atoms with Crippen molar-refractivity contribution in [3.05, 3.63) is 47.5 Å². The van der Waals surface area contributed by atoms with Crippen LogP contribution < -0.4 is 35.2 Å². The van der Waals surface area contributed by atoms with Crippen LogP contribution in [0.4, 0.5) is 0 Å². The SMILES string of the molecule is CC(C)[SiH]C(C)C.CC(C)c1cc([Si](C)(C)C)c[cH-]1.CC(C)c1cc([Si](C)(C)C)c[cH-]1.[Cl-].[Cl-].[Zr+4]. The zero-order chi connectivity index (χ0) is 24.6. The summed E-state index contributed by atoms with van der Waals surface area (Å²) in [6, 6.07) is 13.9. The van der Waals surface area contributed by atoms with Crippen LogP contribution in [0.3, 0.4) is 0 Å². The molecule has 0 aliphatic rings. The van der Waals surface area contributed by atoms with Crippen LogP contribution in [0.2, 0.25) is 50.4 Å². The second-order valence-electron chi connectivity index (χ2n) is 12.4. The molecule has 0 nitrogen and oxygen atoms in total. The first kappa shape index (κ1) is 41.9. The summed E-state index contributed by atoms with van der Waals surface area (Å²) in [5.74, 6) is 1.35. The zero-order valence-electron chi connectivity index (χ0n) is 24.6. The summed E-state index contributed by atoms with van der Waals surface area (Å²) in [7, 11) is -1.40. The Bertz CT molecular complexity index is 671. The minimum atomic E-state index is -1.06. The van der Waals surface area contributed by atoms with Gasteiger partial charge in [-0.3, -0.25) is 0 Å². The molecule has 2 aromatic rings. The zero-order valence-corrected chi connectivity index (χ0v) is 31.7. The molecule has 0 N–H and O–H groups in total. The first-order valence-corrected chi connectivity index (χ1v) is 20.7. The second kappa shape index (κ2) is 19.0. The summed E-state index contributed by atoms with van der Waals surface area (Å²) in [4.78, 5) is 0. The van der Waals surface area contributed by atoms with Gasteiger partial charge in [0.05, 0.1) is 0 Å². The van der Waals surface area contributed by atoms with Crippen LogP contribution in [0.1, 0.15) is 78.4 Å². The predicted molar refractivity (Wildman–Crippen MR) is 156 cm³/mol. The van der Waals surface area contributed by atoms with Crippen LogP contribution in [0.25, 0.3) is 0 Å². The fourth-order valence-electron chi connectivity index (χ4n) is 3.34. The normalized spacial score (nSPS) is 11.1. The molecule has 0 heterocycles. The van der Waals surface area contributed by atoms with E-state index >= 15 is 0 Å². The topological polar surface area (TPSA) is 0 Å². The van der Waals surface area contributed by atoms with Gasteiger partial charge in [0.15, 0.2) is 0 Å². The maximum atomic E-state index is 2.40. The minimum Gasteiger partial charge on any atom is -1.00 e. The first-order valence-electron chi connectivity index (χ1n) is 12.3. The van der Waals surface area contributed by atoms with E-state index in [9.17, 15) is 0 Å². The molecule has 0 unspecified atom stereocenters. The maximum Gasteiger partial charge on any atom is 4.00 e. The number of hydrogen-bond donors (Lipinski definition) is 0. The summed E-state index contributed by atoms with van der Waals surface area (Å²) >= 11 is 0. The van der Waals surface area contributed by atoms with E-state index in [-0.39, 0.29) is 51.0 Å². The van der Waals surface area contributed by atoms with Crippen LogP contribution in [0.15, 0.2) is 36.4 Å². The Kier molecular flexibility index (Phi) is 23.4. The van der Waals surface area contributed by atoms with Crippen LogP contribution in [-0.4, -0.2) is 25.7 Å². The Morgan fingerprint density at radius 3 is 0.941 bits per heavy atom. The summed E-state index contributed by atoms with van der Waals surface area (Å²) in [5, 5.41) is 3.18. The molecule has 1 radical (unpaired) electrons. The van der Waals surface area contributed by atoms with Gasteiger partial charge in [-0.2, -0.15) is 35.4 Å². The fraction of sp³-hybridized carbons (Fsp3) is 0.643. The van der Waals surface area contributed by atoms with Crippen molar-refractivity contribution in [3.8, 4) is 0 Å². The quantitative estimate of drug-likeness (QED) is 0.338. The van der Waals surface area contributed by atoms with Gasteiger partial charge in [0, 0.05) is 25.7 Å². The molecule has 2 aromatic carbocycles. The van der Waals surface area contributed by atoms with Gasteiger partial charge in [-0.25, -0.2) is 22.5 Å². The van der Waals surface area contributed by atoms with Gasteiger partial charge in [0.1, 0.15) is 0 Å². The monoisotopic (exact) mass is 633 g/mol. The summed E-state index contributed by atoms with van der Waals surface area (Å²) in [6.07, 6.45) is 0. The molecule has 0 amide bonds. The van der Waals surface area contributed by atoms with Crippen molar-refractivity contribution in [1.82, 2.24) is 0 Å². The van der Waals surface area contributed by atoms with Crippen molar-refractivity contribution >= 4 is 36.0 Å². The third kappa shape index (κ3) is 18.1. The fourth-order valence-corrected chi connectivity index (χ4v) is 7.25. The molecule has 0 saturated carbocycles. The summed E-state index contributed by atoms with van der Waals surface area (Å²) in [6.45, 7) is 32.6. The standard InChI is InChI=1S/2C11H19Si.C6H15Si.2ClH.Zr/c2*1-9(2)10-6-7-11(8-10)12(3,4)5;1-5(2)7-6(3)4;;;/h2*6-9H,1-5H3;5-7H,1-4H3;2*1H;/q2*-1;;;;+4/p-2. The Morgan fingerprint density at radius 2 is 0.853 bits per heavy atom. The van der Waals surface area contributed by atoms with Gasteiger partial charge in [0.25, 0.3) is 0 Å². The average Bonchev–Trinajstić information content (AvgIpc) is 3.24. The van der Waals surface area contributed by atoms with E-state index in [4.69, 9.17) is 0 Å². The van der Waals surface area contributed by atoms with Gasteiger partial charge in [0.2, 0.25) is 0 Å². The summed E-state index contributed by atoms with van der Waals surface area (Å²) in [5.41, 5.74) is 4.90. The van der Waals surface area contributed by atoms with E-state index in [2.05, 4.69) is 131 Å². The first-order chi connectivity index (χ1) is 13.9. The van der Waals surface area contributed by atoms with Crippen molar-refractivity contribution in [2.75, 3.05) is 0 Å². The molecular weight excluding hydrogens is 583 g/mol. The van der Waals surface area contributed by atoms with Crippen LogP contribution in [0.5, 0.6) is 0 Å². The van der Waals surface area contributed by atoms with Gasteiger partial charge >= 0.3 is 26.2 Å². The van der Waals surface area contributed by atoms with Crippen molar-refractivity contribution in [1.29, 1.82) is 0 Å². The Morgan fingerprint density at radius 1 is 0.588 bits per heavy atom. The second-order valence-corrected chi connectivity index (χ2v) is 25.6. The number of halogens is 2. The Hall–Kier alpha value is 0.814. The minimum absolute atomic E-state index is 0. The molecule has 195 valence electrons. The average molecular weight is 636 g/mol. The van der Waals surface area contributed by atoms with E-state index in [1.165, 1.54) is 11.1 Å². The van der Waals surface area contributed by atoms with E-state index in [1.807, 2.05) is 0 Å². The van der Waals surface area contributed by atoms with Crippen molar-refractivity contribution in [3.63, 3.8) is 0 Å². The Balaban J connectivity index is -0.000000197. The smallest absolute Gasteiger partial charge is 1.00 e. The predicted octanol–water partition coefficient (Wildman–Crippen LogP) is 2.23. The van der Waals surface area contributed by atoms with Gasteiger partial charge in [-0.1, -0.05) is 106 Å². The number of hydrogen-bond acceptors (Lipinski definition) is 0. The molecule has 34 heavy (non-hydrogen) atoms. The number of rotatable bonds is 6. The van der Waals surface area contributed by atoms with E-state index in [0.717, 1.165) is 11.1 Å². The molecule has 0 atom stereocenters. The van der Waals surface area contributed by atoms with Gasteiger partial charge in [-0.15, -0.1) is 0 Å². The third-order valence-electron chi connectivity index (χ3n) is 5.39. The molecule has 0 aliphatic carbocycles. The van der Waals surface area contributed by atoms with Gasteiger partial charge < -0.3 is 24.8 Å². The molecule has 0 aliphatic heterocycles. The molecule has 0 aromatic heterocycles. The largest absolute Gasteiger partial charge is 4.00 e. The van der Waals surface area contributed by atoms with Crippen molar-refractivity contribution < 1.29 is 51.0 Å². The molecule has 0 fully saturated rings. The molecule has 0 spiro atoms. The van der Waals surface area contributed by atoms with E-state index < -0.39 is 16.1 Å².